The molecule has 0 atom stereocenters. The monoisotopic (exact) mass is 421 g/mol. The summed E-state index contributed by atoms with van der Waals surface area (Å²) in [6.07, 6.45) is 2.74. The predicted molar refractivity (Wildman–Crippen MR) is 89.3 cm³/mol. The van der Waals surface area contributed by atoms with Gasteiger partial charge in [-0.1, -0.05) is 12.1 Å². The first-order valence-corrected chi connectivity index (χ1v) is 9.32. The number of carbonyl (C=O) groups is 1. The zero-order chi connectivity index (χ0) is 17.0. The van der Waals surface area contributed by atoms with Gasteiger partial charge in [0, 0.05) is 11.0 Å². The standard InChI is InChI=1S/C14H10BrF2NO3S2/c15-12-7-5-9(22-12)6-8-13(19)18-10-3-1-2-4-11(10)23(20,21)14(16)17/h1-8,14H,(H,18,19)/b8-6+. The summed E-state index contributed by atoms with van der Waals surface area (Å²) in [5.41, 5.74) is -0.185. The van der Waals surface area contributed by atoms with Crippen LogP contribution in [0.2, 0.25) is 0 Å². The van der Waals surface area contributed by atoms with Crippen molar-refractivity contribution in [1.82, 2.24) is 0 Å². The number of para-hydroxylation sites is 1. The lowest BCUT2D eigenvalue weighted by Gasteiger charge is -2.09. The van der Waals surface area contributed by atoms with Crippen LogP contribution in [0.4, 0.5) is 14.5 Å². The summed E-state index contributed by atoms with van der Waals surface area (Å²) in [6.45, 7) is 0. The van der Waals surface area contributed by atoms with Crippen molar-refractivity contribution >= 4 is 54.8 Å². The molecule has 1 amide bonds. The van der Waals surface area contributed by atoms with Gasteiger partial charge in [0.15, 0.2) is 0 Å². The highest BCUT2D eigenvalue weighted by Crippen LogP contribution is 2.26. The van der Waals surface area contributed by atoms with Gasteiger partial charge in [-0.3, -0.25) is 4.79 Å². The van der Waals surface area contributed by atoms with Gasteiger partial charge in [-0.05, 0) is 46.3 Å². The third-order valence-electron chi connectivity index (χ3n) is 2.68. The molecule has 0 aliphatic heterocycles. The summed E-state index contributed by atoms with van der Waals surface area (Å²) in [5, 5.41) is 2.30. The van der Waals surface area contributed by atoms with Gasteiger partial charge in [0.05, 0.1) is 14.4 Å². The smallest absolute Gasteiger partial charge is 0.321 e. The van der Waals surface area contributed by atoms with Gasteiger partial charge in [0.25, 0.3) is 0 Å². The molecule has 1 aromatic carbocycles. The number of thiophene rings is 1. The minimum Gasteiger partial charge on any atom is -0.321 e. The molecule has 1 N–H and O–H groups in total. The Kier molecular flexibility index (Phi) is 5.66. The van der Waals surface area contributed by atoms with Crippen LogP contribution in [-0.4, -0.2) is 20.1 Å². The Morgan fingerprint density at radius 2 is 1.91 bits per heavy atom. The summed E-state index contributed by atoms with van der Waals surface area (Å²) in [7, 11) is -4.79. The molecule has 0 saturated heterocycles. The van der Waals surface area contributed by atoms with E-state index in [1.807, 2.05) is 6.07 Å². The summed E-state index contributed by atoms with van der Waals surface area (Å²) in [4.78, 5) is 12.0. The van der Waals surface area contributed by atoms with Gasteiger partial charge >= 0.3 is 5.76 Å². The number of hydrogen-bond donors (Lipinski definition) is 1. The summed E-state index contributed by atoms with van der Waals surface area (Å²) < 4.78 is 49.4. The number of benzene rings is 1. The molecule has 0 saturated carbocycles. The minimum absolute atomic E-state index is 0.185. The van der Waals surface area contributed by atoms with Crippen molar-refractivity contribution in [2.24, 2.45) is 0 Å². The second kappa shape index (κ2) is 7.33. The molecule has 23 heavy (non-hydrogen) atoms. The molecule has 2 rings (SSSR count). The first kappa shape index (κ1) is 17.8. The Balaban J connectivity index is 2.21. The molecule has 0 aliphatic carbocycles. The molecule has 0 unspecified atom stereocenters. The van der Waals surface area contributed by atoms with Crippen molar-refractivity contribution in [3.8, 4) is 0 Å². The van der Waals surface area contributed by atoms with Crippen molar-refractivity contribution < 1.29 is 22.0 Å². The molecule has 1 heterocycles. The van der Waals surface area contributed by atoms with E-state index in [0.29, 0.717) is 0 Å². The first-order chi connectivity index (χ1) is 10.8. The van der Waals surface area contributed by atoms with Crippen molar-refractivity contribution in [2.75, 3.05) is 5.32 Å². The van der Waals surface area contributed by atoms with Crippen LogP contribution >= 0.6 is 27.3 Å². The number of hydrogen-bond acceptors (Lipinski definition) is 4. The Morgan fingerprint density at radius 1 is 1.22 bits per heavy atom. The van der Waals surface area contributed by atoms with E-state index in [9.17, 15) is 22.0 Å². The fraction of sp³-hybridized carbons (Fsp3) is 0.0714. The van der Waals surface area contributed by atoms with Crippen LogP contribution < -0.4 is 5.32 Å². The normalized spacial score (nSPS) is 12.0. The molecule has 4 nitrogen and oxygen atoms in total. The maximum atomic E-state index is 12.7. The van der Waals surface area contributed by atoms with Crippen molar-refractivity contribution in [3.63, 3.8) is 0 Å². The highest BCUT2D eigenvalue weighted by atomic mass is 79.9. The number of amides is 1. The van der Waals surface area contributed by atoms with Gasteiger partial charge in [-0.25, -0.2) is 8.42 Å². The zero-order valence-electron chi connectivity index (χ0n) is 11.4. The number of halogens is 3. The molecule has 122 valence electrons. The third-order valence-corrected chi connectivity index (χ3v) is 5.71. The second-order valence-electron chi connectivity index (χ2n) is 4.27. The molecular weight excluding hydrogens is 412 g/mol. The van der Waals surface area contributed by atoms with Crippen LogP contribution in [0, 0.1) is 0 Å². The summed E-state index contributed by atoms with van der Waals surface area (Å²) >= 11 is 4.69. The number of nitrogens with one attached hydrogen (secondary N) is 1. The Hall–Kier alpha value is -1.58. The third kappa shape index (κ3) is 4.46. The summed E-state index contributed by atoms with van der Waals surface area (Å²) in [6, 6.07) is 8.63. The van der Waals surface area contributed by atoms with Gasteiger partial charge in [-0.15, -0.1) is 11.3 Å². The van der Waals surface area contributed by atoms with Crippen molar-refractivity contribution in [2.45, 2.75) is 10.7 Å². The average molecular weight is 422 g/mol. The van der Waals surface area contributed by atoms with Crippen LogP contribution in [0.3, 0.4) is 0 Å². The lowest BCUT2D eigenvalue weighted by molar-refractivity contribution is -0.111. The second-order valence-corrected chi connectivity index (χ2v) is 8.65. The fourth-order valence-electron chi connectivity index (χ4n) is 1.66. The van der Waals surface area contributed by atoms with Crippen LogP contribution in [0.25, 0.3) is 6.08 Å². The van der Waals surface area contributed by atoms with E-state index in [2.05, 4.69) is 21.2 Å². The van der Waals surface area contributed by atoms with Gasteiger partial charge in [-0.2, -0.15) is 8.78 Å². The van der Waals surface area contributed by atoms with E-state index in [0.717, 1.165) is 14.7 Å². The largest absolute Gasteiger partial charge is 0.341 e. The lowest BCUT2D eigenvalue weighted by Crippen LogP contribution is -2.16. The molecule has 0 spiro atoms. The van der Waals surface area contributed by atoms with Gasteiger partial charge in [0.1, 0.15) is 0 Å². The molecule has 2 aromatic rings. The quantitative estimate of drug-likeness (QED) is 0.737. The first-order valence-electron chi connectivity index (χ1n) is 6.16. The van der Waals surface area contributed by atoms with E-state index in [1.54, 1.807) is 6.07 Å². The molecule has 0 radical (unpaired) electrons. The zero-order valence-corrected chi connectivity index (χ0v) is 14.6. The number of alkyl halides is 2. The van der Waals surface area contributed by atoms with E-state index in [4.69, 9.17) is 0 Å². The number of sulfone groups is 1. The highest BCUT2D eigenvalue weighted by Gasteiger charge is 2.29. The lowest BCUT2D eigenvalue weighted by atomic mass is 10.3. The van der Waals surface area contributed by atoms with Crippen LogP contribution in [-0.2, 0) is 14.6 Å². The number of anilines is 1. The van der Waals surface area contributed by atoms with Gasteiger partial charge < -0.3 is 5.32 Å². The Labute approximate surface area is 143 Å². The van der Waals surface area contributed by atoms with Gasteiger partial charge in [0.2, 0.25) is 15.7 Å². The Bertz CT molecular complexity index is 847. The fourth-order valence-corrected chi connectivity index (χ4v) is 3.88. The van der Waals surface area contributed by atoms with Crippen molar-refractivity contribution in [3.05, 3.63) is 51.1 Å². The molecule has 1 aromatic heterocycles. The molecule has 0 fully saturated rings. The van der Waals surface area contributed by atoms with Crippen LogP contribution in [0.1, 0.15) is 4.88 Å². The van der Waals surface area contributed by atoms with Crippen LogP contribution in [0.15, 0.2) is 51.2 Å². The average Bonchev–Trinajstić information content (AvgIpc) is 2.91. The molecule has 0 bridgehead atoms. The van der Waals surface area contributed by atoms with E-state index < -0.39 is 26.4 Å². The maximum Gasteiger partial charge on any atom is 0.341 e. The topological polar surface area (TPSA) is 63.2 Å². The van der Waals surface area contributed by atoms with Crippen LogP contribution in [0.5, 0.6) is 0 Å². The van der Waals surface area contributed by atoms with E-state index in [1.165, 1.54) is 41.7 Å². The SMILES string of the molecule is O=C(/C=C/c1ccc(Br)s1)Nc1ccccc1S(=O)(=O)C(F)F. The molecule has 9 heteroatoms. The van der Waals surface area contributed by atoms with E-state index >= 15 is 0 Å². The minimum atomic E-state index is -4.79. The molecular formula is C14H10BrF2NO3S2. The van der Waals surface area contributed by atoms with Crippen molar-refractivity contribution in [1.29, 1.82) is 0 Å². The Morgan fingerprint density at radius 3 is 2.52 bits per heavy atom. The highest BCUT2D eigenvalue weighted by molar-refractivity contribution is 9.11. The maximum absolute atomic E-state index is 12.7. The summed E-state index contributed by atoms with van der Waals surface area (Å²) in [5.74, 6) is -4.17. The molecule has 0 aliphatic rings. The number of rotatable bonds is 5. The predicted octanol–water partition coefficient (Wildman–Crippen LogP) is 4.16. The number of carbonyl (C=O) groups excluding carboxylic acids is 1. The van der Waals surface area contributed by atoms with E-state index in [-0.39, 0.29) is 5.69 Å².